The van der Waals surface area contributed by atoms with Crippen molar-refractivity contribution in [2.45, 2.75) is 13.3 Å². The summed E-state index contributed by atoms with van der Waals surface area (Å²) in [5.41, 5.74) is 1.65. The maximum absolute atomic E-state index is 10.9. The second kappa shape index (κ2) is 11.1. The summed E-state index contributed by atoms with van der Waals surface area (Å²) in [7, 11) is 1.35. The van der Waals surface area contributed by atoms with Crippen LogP contribution in [0, 0.1) is 6.92 Å². The fourth-order valence-electron chi connectivity index (χ4n) is 1.95. The van der Waals surface area contributed by atoms with E-state index in [4.69, 9.17) is 16.1 Å². The number of rotatable bonds is 5. The van der Waals surface area contributed by atoms with Crippen molar-refractivity contribution >= 4 is 11.9 Å². The Labute approximate surface area is 175 Å². The van der Waals surface area contributed by atoms with Crippen molar-refractivity contribution in [3.05, 3.63) is 59.2 Å². The van der Waals surface area contributed by atoms with Gasteiger partial charge in [-0.3, -0.25) is 14.9 Å². The van der Waals surface area contributed by atoms with Crippen LogP contribution in [0.25, 0.3) is 0 Å². The molecule has 28 heavy (non-hydrogen) atoms. The molecule has 0 radical (unpaired) electrons. The first-order chi connectivity index (χ1) is 16.5. The summed E-state index contributed by atoms with van der Waals surface area (Å²) in [6.07, 6.45) is 2.55. The number of carboxylic acids is 1. The van der Waals surface area contributed by atoms with E-state index in [1.54, 1.807) is 12.1 Å². The van der Waals surface area contributed by atoms with E-state index < -0.39 is 38.6 Å². The Balaban J connectivity index is 0.000000346. The highest BCUT2D eigenvalue weighted by atomic mass is 16.5. The van der Waals surface area contributed by atoms with Gasteiger partial charge in [-0.05, 0) is 31.2 Å². The predicted molar refractivity (Wildman–Crippen MR) is 102 cm³/mol. The number of morpholine rings is 1. The zero-order chi connectivity index (χ0) is 27.5. The molecule has 1 aliphatic heterocycles. The van der Waals surface area contributed by atoms with Crippen molar-refractivity contribution in [3.8, 4) is 0 Å². The number of pyridine rings is 2. The van der Waals surface area contributed by atoms with Gasteiger partial charge >= 0.3 is 11.9 Å². The number of aromatic nitrogens is 2. The first kappa shape index (κ1) is 12.6. The molecule has 150 valence electrons. The number of nitrogens with zero attached hydrogens (tertiary/aromatic N) is 3. The van der Waals surface area contributed by atoms with Gasteiger partial charge in [-0.1, -0.05) is 0 Å². The number of aryl methyl sites for hydroxylation is 1. The maximum atomic E-state index is 10.9. The molecule has 0 spiro atoms. The molecule has 0 atom stereocenters. The number of hydrogen-bond donors (Lipinski definition) is 1. The van der Waals surface area contributed by atoms with Crippen LogP contribution in [-0.4, -0.2) is 71.7 Å². The molecule has 8 nitrogen and oxygen atoms in total. The van der Waals surface area contributed by atoms with Gasteiger partial charge in [0, 0.05) is 55.2 Å². The van der Waals surface area contributed by atoms with Crippen LogP contribution < -0.4 is 0 Å². The van der Waals surface area contributed by atoms with E-state index in [9.17, 15) is 9.59 Å². The molecule has 0 aliphatic carbocycles. The summed E-state index contributed by atoms with van der Waals surface area (Å²) in [6, 6.07) is 6.12. The molecule has 1 aliphatic rings. The summed E-state index contributed by atoms with van der Waals surface area (Å²) in [5.74, 6) is -1.52. The van der Waals surface area contributed by atoms with Crippen LogP contribution in [-0.2, 0) is 15.9 Å². The second-order valence-corrected chi connectivity index (χ2v) is 5.45. The van der Waals surface area contributed by atoms with Gasteiger partial charge in [-0.15, -0.1) is 0 Å². The van der Waals surface area contributed by atoms with Gasteiger partial charge in [-0.25, -0.2) is 9.59 Å². The van der Waals surface area contributed by atoms with Crippen molar-refractivity contribution in [2.75, 3.05) is 39.8 Å². The molecule has 0 amide bonds. The Morgan fingerprint density at radius 2 is 1.86 bits per heavy atom. The van der Waals surface area contributed by atoms with E-state index in [1.807, 2.05) is 6.92 Å². The monoisotopic (exact) mass is 395 g/mol. The third-order valence-corrected chi connectivity index (χ3v) is 3.46. The molecule has 0 bridgehead atoms. The Morgan fingerprint density at radius 1 is 1.18 bits per heavy atom. The third kappa shape index (κ3) is 7.05. The number of aromatic carboxylic acids is 1. The first-order valence-corrected chi connectivity index (χ1v) is 8.13. The van der Waals surface area contributed by atoms with E-state index in [-0.39, 0.29) is 18.0 Å². The van der Waals surface area contributed by atoms with Crippen LogP contribution >= 0.6 is 0 Å². The Kier molecular flexibility index (Phi) is 4.99. The molecule has 0 saturated carbocycles. The summed E-state index contributed by atoms with van der Waals surface area (Å²) in [6.45, 7) is -10.6. The maximum Gasteiger partial charge on any atom is 0.339 e. The predicted octanol–water partition coefficient (Wildman–Crippen LogP) is 1.83. The minimum Gasteiger partial charge on any atom is -0.478 e. The smallest absolute Gasteiger partial charge is 0.339 e. The zero-order valence-electron chi connectivity index (χ0n) is 23.3. The van der Waals surface area contributed by atoms with Crippen LogP contribution in [0.4, 0.5) is 0 Å². The highest BCUT2D eigenvalue weighted by Crippen LogP contribution is 2.04. The van der Waals surface area contributed by atoms with E-state index in [0.717, 1.165) is 11.9 Å². The van der Waals surface area contributed by atoms with Crippen LogP contribution in [0.15, 0.2) is 36.7 Å². The highest BCUT2D eigenvalue weighted by molar-refractivity contribution is 5.88. The van der Waals surface area contributed by atoms with Crippen LogP contribution in [0.3, 0.4) is 0 Å². The SMILES string of the molecule is COC(=O)c1ccc(C)nc1.[2H]C1([2H])OC([2H])([2H])C([2H])([2H])N(CCc2ccc(C(=O)O)cn2)C1([2H])[2H]. The average molecular weight is 395 g/mol. The number of esters is 1. The Hall–Kier alpha value is -2.84. The molecular weight excluding hydrogens is 362 g/mol. The van der Waals surface area contributed by atoms with Crippen LogP contribution in [0.5, 0.6) is 0 Å². The molecule has 3 heterocycles. The van der Waals surface area contributed by atoms with Gasteiger partial charge in [0.05, 0.1) is 36.8 Å². The largest absolute Gasteiger partial charge is 0.478 e. The summed E-state index contributed by atoms with van der Waals surface area (Å²) < 4.78 is 70.7. The highest BCUT2D eigenvalue weighted by Gasteiger charge is 2.10. The molecule has 1 fully saturated rings. The lowest BCUT2D eigenvalue weighted by molar-refractivity contribution is 0.0383. The normalized spacial score (nSPS) is 25.4. The third-order valence-electron chi connectivity index (χ3n) is 3.46. The van der Waals surface area contributed by atoms with Gasteiger partial charge in [0.2, 0.25) is 0 Å². The minimum atomic E-state index is -3.08. The van der Waals surface area contributed by atoms with Gasteiger partial charge in [0.15, 0.2) is 0 Å². The van der Waals surface area contributed by atoms with E-state index >= 15 is 0 Å². The lowest BCUT2D eigenvalue weighted by Gasteiger charge is -2.26. The fourth-order valence-corrected chi connectivity index (χ4v) is 1.95. The average Bonchev–Trinajstić information content (AvgIpc) is 2.78. The number of methoxy groups -OCH3 is 1. The van der Waals surface area contributed by atoms with E-state index in [1.165, 1.54) is 25.4 Å². The number of carbonyl (C=O) groups excluding carboxylic acids is 1. The minimum absolute atomic E-state index is 0.0477. The van der Waals surface area contributed by atoms with Gasteiger partial charge in [0.25, 0.3) is 0 Å². The molecule has 2 aromatic heterocycles. The fraction of sp³-hybridized carbons (Fsp3) is 0.400. The topological polar surface area (TPSA) is 102 Å². The number of carboxylic acid groups (broad SMARTS) is 1. The Bertz CT molecular complexity index is 1060. The second-order valence-electron chi connectivity index (χ2n) is 5.45. The Morgan fingerprint density at radius 3 is 2.39 bits per heavy atom. The molecule has 0 aromatic carbocycles. The quantitative estimate of drug-likeness (QED) is 0.765. The van der Waals surface area contributed by atoms with Crippen molar-refractivity contribution in [1.29, 1.82) is 0 Å². The molecule has 1 N–H and O–H groups in total. The van der Waals surface area contributed by atoms with Crippen molar-refractivity contribution in [3.63, 3.8) is 0 Å². The van der Waals surface area contributed by atoms with E-state index in [0.29, 0.717) is 16.2 Å². The van der Waals surface area contributed by atoms with Crippen LogP contribution in [0.1, 0.15) is 43.1 Å². The molecule has 0 unspecified atom stereocenters. The summed E-state index contributed by atoms with van der Waals surface area (Å²) in [5, 5.41) is 8.82. The van der Waals surface area contributed by atoms with Gasteiger partial charge in [-0.2, -0.15) is 0 Å². The lowest BCUT2D eigenvalue weighted by Crippen LogP contribution is -2.37. The molecule has 2 aromatic rings. The standard InChI is InChI=1S/C12H16N2O3.C8H9NO2/c15-12(16)10-1-2-11(13-9-10)3-4-14-5-7-17-8-6-14;1-6-3-4-7(5-9-6)8(10)11-2/h1-2,9H,3-8H2,(H,15,16);3-5H,1-2H3/i5D2,6D2,7D2,8D2;. The number of ether oxygens (including phenoxy) is 2. The summed E-state index contributed by atoms with van der Waals surface area (Å²) in [4.78, 5) is 29.9. The molecule has 1 saturated heterocycles. The molecule has 3 rings (SSSR count). The lowest BCUT2D eigenvalue weighted by atomic mass is 10.2. The first-order valence-electron chi connectivity index (χ1n) is 12.1. The van der Waals surface area contributed by atoms with Crippen molar-refractivity contribution in [2.24, 2.45) is 0 Å². The van der Waals surface area contributed by atoms with Crippen molar-refractivity contribution < 1.29 is 35.1 Å². The van der Waals surface area contributed by atoms with Crippen LogP contribution in [0.2, 0.25) is 0 Å². The zero-order valence-corrected chi connectivity index (χ0v) is 15.3. The molecular formula is C20H25N3O5. The van der Waals surface area contributed by atoms with Gasteiger partial charge < -0.3 is 14.6 Å². The number of hydrogen-bond acceptors (Lipinski definition) is 7. The summed E-state index contributed by atoms with van der Waals surface area (Å²) >= 11 is 0. The number of carbonyl (C=O) groups is 2. The van der Waals surface area contributed by atoms with Crippen molar-refractivity contribution in [1.82, 2.24) is 14.9 Å². The van der Waals surface area contributed by atoms with Gasteiger partial charge in [0.1, 0.15) is 0 Å². The van der Waals surface area contributed by atoms with E-state index in [2.05, 4.69) is 19.4 Å². The molecule has 8 heteroatoms.